The number of aryl methyl sites for hydroxylation is 1. The molecule has 0 atom stereocenters. The Kier molecular flexibility index (Phi) is 7.59. The second-order valence-electron chi connectivity index (χ2n) is 5.38. The van der Waals surface area contributed by atoms with Crippen molar-refractivity contribution in [1.29, 1.82) is 0 Å². The molecule has 0 aliphatic rings. The Morgan fingerprint density at radius 1 is 1.22 bits per heavy atom. The summed E-state index contributed by atoms with van der Waals surface area (Å²) >= 11 is 3.35. The highest BCUT2D eigenvalue weighted by Crippen LogP contribution is 2.21. The van der Waals surface area contributed by atoms with Crippen LogP contribution in [-0.4, -0.2) is 24.6 Å². The van der Waals surface area contributed by atoms with Gasteiger partial charge in [0.15, 0.2) is 0 Å². The molecule has 7 heteroatoms. The highest BCUT2D eigenvalue weighted by molar-refractivity contribution is 9.10. The third-order valence-electron chi connectivity index (χ3n) is 3.48. The van der Waals surface area contributed by atoms with Gasteiger partial charge in [-0.05, 0) is 42.3 Å². The minimum absolute atomic E-state index is 0.105. The molecule has 0 aromatic heterocycles. The number of benzene rings is 2. The van der Waals surface area contributed by atoms with Gasteiger partial charge in [0, 0.05) is 15.7 Å². The van der Waals surface area contributed by atoms with E-state index in [0.717, 1.165) is 16.5 Å². The van der Waals surface area contributed by atoms with E-state index in [9.17, 15) is 9.59 Å². The van der Waals surface area contributed by atoms with Crippen LogP contribution in [0.3, 0.4) is 0 Å². The molecule has 6 nitrogen and oxygen atoms in total. The molecule has 2 amide bonds. The summed E-state index contributed by atoms with van der Waals surface area (Å²) in [4.78, 5) is 23.8. The Labute approximate surface area is 166 Å². The van der Waals surface area contributed by atoms with Gasteiger partial charge in [-0.25, -0.2) is 5.43 Å². The molecule has 0 bridgehead atoms. The molecule has 2 aromatic carbocycles. The number of rotatable bonds is 6. The molecular formula is C20H18BrN3O3. The van der Waals surface area contributed by atoms with Crippen LogP contribution >= 0.6 is 15.9 Å². The van der Waals surface area contributed by atoms with Gasteiger partial charge in [0.2, 0.25) is 0 Å². The average molecular weight is 428 g/mol. The van der Waals surface area contributed by atoms with Crippen LogP contribution in [0.5, 0.6) is 5.75 Å². The van der Waals surface area contributed by atoms with Gasteiger partial charge in [-0.1, -0.05) is 40.9 Å². The largest absolute Gasteiger partial charge is 0.480 e. The fraction of sp³-hybridized carbons (Fsp3) is 0.150. The topological polar surface area (TPSA) is 79.8 Å². The van der Waals surface area contributed by atoms with Crippen molar-refractivity contribution in [3.8, 4) is 18.1 Å². The van der Waals surface area contributed by atoms with Crippen LogP contribution in [0.4, 0.5) is 5.69 Å². The minimum Gasteiger partial charge on any atom is -0.480 e. The summed E-state index contributed by atoms with van der Waals surface area (Å²) < 4.78 is 6.21. The van der Waals surface area contributed by atoms with Crippen LogP contribution in [0.2, 0.25) is 0 Å². The second kappa shape index (κ2) is 10.1. The minimum atomic E-state index is -0.882. The number of ether oxygens (including phenoxy) is 1. The number of carbonyl (C=O) groups excluding carboxylic acids is 2. The first-order valence-corrected chi connectivity index (χ1v) is 8.92. The summed E-state index contributed by atoms with van der Waals surface area (Å²) in [6, 6.07) is 12.5. The van der Waals surface area contributed by atoms with E-state index in [1.165, 1.54) is 6.21 Å². The van der Waals surface area contributed by atoms with E-state index in [-0.39, 0.29) is 6.61 Å². The first kappa shape index (κ1) is 20.2. The van der Waals surface area contributed by atoms with Gasteiger partial charge >= 0.3 is 11.8 Å². The van der Waals surface area contributed by atoms with Gasteiger partial charge in [0.25, 0.3) is 0 Å². The lowest BCUT2D eigenvalue weighted by Crippen LogP contribution is -2.32. The summed E-state index contributed by atoms with van der Waals surface area (Å²) in [5, 5.41) is 6.31. The zero-order valence-corrected chi connectivity index (χ0v) is 16.2. The molecule has 0 radical (unpaired) electrons. The van der Waals surface area contributed by atoms with Crippen molar-refractivity contribution in [2.24, 2.45) is 5.10 Å². The predicted molar refractivity (Wildman–Crippen MR) is 109 cm³/mol. The van der Waals surface area contributed by atoms with Crippen LogP contribution in [0.15, 0.2) is 52.0 Å². The van der Waals surface area contributed by atoms with Crippen molar-refractivity contribution >= 4 is 39.6 Å². The number of terminal acetylenes is 1. The molecule has 2 N–H and O–H groups in total. The molecule has 0 aliphatic carbocycles. The first-order chi connectivity index (χ1) is 13.0. The van der Waals surface area contributed by atoms with Gasteiger partial charge in [0.1, 0.15) is 12.4 Å². The molecule has 0 fully saturated rings. The highest BCUT2D eigenvalue weighted by atomic mass is 79.9. The molecule has 0 saturated carbocycles. The molecule has 2 rings (SSSR count). The average Bonchev–Trinajstić information content (AvgIpc) is 2.67. The lowest BCUT2D eigenvalue weighted by atomic mass is 10.1. The summed E-state index contributed by atoms with van der Waals surface area (Å²) in [7, 11) is 0. The fourth-order valence-electron chi connectivity index (χ4n) is 2.09. The normalized spacial score (nSPS) is 10.3. The Morgan fingerprint density at radius 3 is 2.63 bits per heavy atom. The fourth-order valence-corrected chi connectivity index (χ4v) is 2.47. The summed E-state index contributed by atoms with van der Waals surface area (Å²) in [5.74, 6) is 1.19. The Hall–Kier alpha value is -3.11. The molecule has 27 heavy (non-hydrogen) atoms. The van der Waals surface area contributed by atoms with E-state index in [1.807, 2.05) is 19.1 Å². The van der Waals surface area contributed by atoms with Crippen LogP contribution in [0.1, 0.15) is 18.1 Å². The van der Waals surface area contributed by atoms with Crippen LogP contribution in [0, 0.1) is 12.3 Å². The maximum Gasteiger partial charge on any atom is 0.329 e. The number of hydrogen-bond acceptors (Lipinski definition) is 4. The van der Waals surface area contributed by atoms with Crippen molar-refractivity contribution in [3.63, 3.8) is 0 Å². The summed E-state index contributed by atoms with van der Waals surface area (Å²) in [6.45, 7) is 2.14. The van der Waals surface area contributed by atoms with Crippen molar-refractivity contribution in [3.05, 3.63) is 58.1 Å². The molecule has 0 unspecified atom stereocenters. The smallest absolute Gasteiger partial charge is 0.329 e. The molecule has 0 aliphatic heterocycles. The maximum atomic E-state index is 11.9. The second-order valence-corrected chi connectivity index (χ2v) is 6.29. The number of nitrogens with one attached hydrogen (secondary N) is 2. The van der Waals surface area contributed by atoms with Crippen molar-refractivity contribution in [2.45, 2.75) is 13.3 Å². The third-order valence-corrected chi connectivity index (χ3v) is 3.97. The van der Waals surface area contributed by atoms with Crippen molar-refractivity contribution in [1.82, 2.24) is 5.43 Å². The Morgan fingerprint density at radius 2 is 1.96 bits per heavy atom. The number of halogens is 1. The van der Waals surface area contributed by atoms with Crippen molar-refractivity contribution < 1.29 is 14.3 Å². The number of hydrogen-bond donors (Lipinski definition) is 2. The zero-order valence-electron chi connectivity index (χ0n) is 14.7. The van der Waals surface area contributed by atoms with E-state index in [2.05, 4.69) is 37.7 Å². The predicted octanol–water partition coefficient (Wildman–Crippen LogP) is 3.11. The van der Waals surface area contributed by atoms with Crippen LogP contribution in [-0.2, 0) is 16.0 Å². The Bertz CT molecular complexity index is 886. The van der Waals surface area contributed by atoms with Crippen LogP contribution < -0.4 is 15.5 Å². The third kappa shape index (κ3) is 6.28. The lowest BCUT2D eigenvalue weighted by molar-refractivity contribution is -0.136. The van der Waals surface area contributed by atoms with E-state index < -0.39 is 11.8 Å². The standard InChI is InChI=1S/C20H18BrN3O3/c1-3-11-27-18-10-7-16(21)12-15(18)13-22-24-20(26)19(25)23-17-8-5-14(4-2)6-9-17/h1,5-10,12-13H,4,11H2,2H3,(H,23,25)(H,24,26)/b22-13-. The van der Waals surface area contributed by atoms with Gasteiger partial charge in [-0.15, -0.1) is 6.42 Å². The number of carbonyl (C=O) groups is 2. The Balaban J connectivity index is 1.96. The van der Waals surface area contributed by atoms with Gasteiger partial charge < -0.3 is 10.1 Å². The first-order valence-electron chi connectivity index (χ1n) is 8.12. The van der Waals surface area contributed by atoms with Crippen LogP contribution in [0.25, 0.3) is 0 Å². The number of nitrogens with zero attached hydrogens (tertiary/aromatic N) is 1. The molecule has 2 aromatic rings. The van der Waals surface area contributed by atoms with Gasteiger partial charge in [-0.3, -0.25) is 9.59 Å². The quantitative estimate of drug-likeness (QED) is 0.321. The number of anilines is 1. The SMILES string of the molecule is C#CCOc1ccc(Br)cc1/C=N\NC(=O)C(=O)Nc1ccc(CC)cc1. The zero-order chi connectivity index (χ0) is 19.6. The van der Waals surface area contributed by atoms with Gasteiger partial charge in [-0.2, -0.15) is 5.10 Å². The molecule has 138 valence electrons. The monoisotopic (exact) mass is 427 g/mol. The van der Waals surface area contributed by atoms with Crippen molar-refractivity contribution in [2.75, 3.05) is 11.9 Å². The molecule has 0 heterocycles. The summed E-state index contributed by atoms with van der Waals surface area (Å²) in [5.41, 5.74) is 4.45. The highest BCUT2D eigenvalue weighted by Gasteiger charge is 2.13. The number of hydrazone groups is 1. The van der Waals surface area contributed by atoms with E-state index in [0.29, 0.717) is 17.0 Å². The molecule has 0 spiro atoms. The lowest BCUT2D eigenvalue weighted by Gasteiger charge is -2.07. The van der Waals surface area contributed by atoms with E-state index >= 15 is 0 Å². The number of amides is 2. The molecule has 0 saturated heterocycles. The van der Waals surface area contributed by atoms with E-state index in [4.69, 9.17) is 11.2 Å². The molecular weight excluding hydrogens is 410 g/mol. The van der Waals surface area contributed by atoms with Gasteiger partial charge in [0.05, 0.1) is 6.21 Å². The maximum absolute atomic E-state index is 11.9. The summed E-state index contributed by atoms with van der Waals surface area (Å²) in [6.07, 6.45) is 7.46. The van der Waals surface area contributed by atoms with E-state index in [1.54, 1.807) is 30.3 Å².